The minimum absolute atomic E-state index is 0.157. The molecule has 0 saturated heterocycles. The maximum atomic E-state index is 6.40. The third-order valence-electron chi connectivity index (χ3n) is 5.04. The fourth-order valence-corrected chi connectivity index (χ4v) is 4.55. The Balaban J connectivity index is 1.52. The Labute approximate surface area is 169 Å². The van der Waals surface area contributed by atoms with Crippen LogP contribution in [-0.2, 0) is 0 Å². The minimum Gasteiger partial charge on any atom is -0.491 e. The molecule has 2 aromatic carbocycles. The van der Waals surface area contributed by atoms with E-state index in [1.54, 1.807) is 11.3 Å². The number of hydrogen-bond acceptors (Lipinski definition) is 5. The van der Waals surface area contributed by atoms with Crippen molar-refractivity contribution in [2.45, 2.75) is 38.6 Å². The van der Waals surface area contributed by atoms with E-state index < -0.39 is 0 Å². The molecular formula is C23H22N2O2S. The van der Waals surface area contributed by atoms with Gasteiger partial charge in [0.1, 0.15) is 11.5 Å². The van der Waals surface area contributed by atoms with Gasteiger partial charge in [-0.3, -0.25) is 0 Å². The SMILES string of the molecule is CC(C)Oc1ccc([C@H]2Oc3ccccc3[C@H]3CC(c4cccs4)=NN32)cc1. The highest BCUT2D eigenvalue weighted by Gasteiger charge is 2.40. The largest absolute Gasteiger partial charge is 0.491 e. The third-order valence-corrected chi connectivity index (χ3v) is 5.96. The molecule has 3 aromatic rings. The summed E-state index contributed by atoms with van der Waals surface area (Å²) in [7, 11) is 0. The summed E-state index contributed by atoms with van der Waals surface area (Å²) in [6.45, 7) is 4.06. The van der Waals surface area contributed by atoms with Crippen LogP contribution in [0.15, 0.2) is 71.1 Å². The van der Waals surface area contributed by atoms with Gasteiger partial charge >= 0.3 is 0 Å². The van der Waals surface area contributed by atoms with Crippen molar-refractivity contribution in [3.05, 3.63) is 82.0 Å². The van der Waals surface area contributed by atoms with Gasteiger partial charge in [-0.15, -0.1) is 11.3 Å². The van der Waals surface area contributed by atoms with Gasteiger partial charge in [-0.1, -0.05) is 24.3 Å². The van der Waals surface area contributed by atoms with Crippen LogP contribution in [0.2, 0.25) is 0 Å². The first kappa shape index (κ1) is 17.3. The van der Waals surface area contributed by atoms with E-state index in [1.807, 2.05) is 32.0 Å². The molecule has 3 heterocycles. The lowest BCUT2D eigenvalue weighted by atomic mass is 9.98. The zero-order valence-electron chi connectivity index (χ0n) is 15.9. The summed E-state index contributed by atoms with van der Waals surface area (Å²) in [5.41, 5.74) is 3.41. The van der Waals surface area contributed by atoms with Crippen LogP contribution in [0, 0.1) is 0 Å². The Hall–Kier alpha value is -2.79. The van der Waals surface area contributed by atoms with Gasteiger partial charge in [0.15, 0.2) is 0 Å². The van der Waals surface area contributed by atoms with E-state index in [0.717, 1.165) is 29.2 Å². The van der Waals surface area contributed by atoms with E-state index in [1.165, 1.54) is 10.4 Å². The van der Waals surface area contributed by atoms with Crippen LogP contribution in [0.1, 0.15) is 48.5 Å². The van der Waals surface area contributed by atoms with Crippen LogP contribution in [0.5, 0.6) is 11.5 Å². The van der Waals surface area contributed by atoms with Crippen molar-refractivity contribution >= 4 is 17.0 Å². The molecule has 0 bridgehead atoms. The lowest BCUT2D eigenvalue weighted by Crippen LogP contribution is -2.33. The van der Waals surface area contributed by atoms with Crippen molar-refractivity contribution in [1.82, 2.24) is 5.01 Å². The first-order chi connectivity index (χ1) is 13.7. The highest BCUT2D eigenvalue weighted by atomic mass is 32.1. The summed E-state index contributed by atoms with van der Waals surface area (Å²) < 4.78 is 12.2. The molecule has 0 aliphatic carbocycles. The van der Waals surface area contributed by atoms with E-state index in [0.29, 0.717) is 0 Å². The summed E-state index contributed by atoms with van der Waals surface area (Å²) in [5.74, 6) is 1.81. The van der Waals surface area contributed by atoms with Gasteiger partial charge < -0.3 is 9.47 Å². The van der Waals surface area contributed by atoms with Crippen molar-refractivity contribution in [2.24, 2.45) is 5.10 Å². The molecule has 1 aromatic heterocycles. The Morgan fingerprint density at radius 2 is 1.89 bits per heavy atom. The molecule has 2 atom stereocenters. The second-order valence-corrected chi connectivity index (χ2v) is 8.32. The Morgan fingerprint density at radius 3 is 2.64 bits per heavy atom. The average Bonchev–Trinajstić information content (AvgIpc) is 3.37. The van der Waals surface area contributed by atoms with Crippen molar-refractivity contribution < 1.29 is 9.47 Å². The topological polar surface area (TPSA) is 34.1 Å². The lowest BCUT2D eigenvalue weighted by Gasteiger charge is -2.38. The smallest absolute Gasteiger partial charge is 0.213 e. The van der Waals surface area contributed by atoms with Gasteiger partial charge in [-0.25, -0.2) is 5.01 Å². The van der Waals surface area contributed by atoms with E-state index in [4.69, 9.17) is 14.6 Å². The zero-order chi connectivity index (χ0) is 19.1. The number of rotatable bonds is 4. The zero-order valence-corrected chi connectivity index (χ0v) is 16.7. The molecule has 0 N–H and O–H groups in total. The van der Waals surface area contributed by atoms with Crippen LogP contribution in [-0.4, -0.2) is 16.8 Å². The van der Waals surface area contributed by atoms with E-state index in [2.05, 4.69) is 52.9 Å². The van der Waals surface area contributed by atoms with E-state index in [-0.39, 0.29) is 18.4 Å². The molecule has 0 radical (unpaired) electrons. The summed E-state index contributed by atoms with van der Waals surface area (Å²) in [6, 6.07) is 20.9. The van der Waals surface area contributed by atoms with Gasteiger partial charge in [0, 0.05) is 17.5 Å². The van der Waals surface area contributed by atoms with E-state index >= 15 is 0 Å². The number of fused-ring (bicyclic) bond motifs is 3. The fourth-order valence-electron chi connectivity index (χ4n) is 3.83. The molecule has 2 aliphatic heterocycles. The Morgan fingerprint density at radius 1 is 1.07 bits per heavy atom. The number of para-hydroxylation sites is 1. The van der Waals surface area contributed by atoms with Crippen molar-refractivity contribution in [2.75, 3.05) is 0 Å². The molecule has 2 aliphatic rings. The number of benzene rings is 2. The van der Waals surface area contributed by atoms with Crippen LogP contribution < -0.4 is 9.47 Å². The highest BCUT2D eigenvalue weighted by Crippen LogP contribution is 2.47. The van der Waals surface area contributed by atoms with Crippen molar-refractivity contribution in [3.8, 4) is 11.5 Å². The number of thiophene rings is 1. The molecule has 0 amide bonds. The van der Waals surface area contributed by atoms with Gasteiger partial charge in [0.2, 0.25) is 6.23 Å². The predicted molar refractivity (Wildman–Crippen MR) is 112 cm³/mol. The fraction of sp³-hybridized carbons (Fsp3) is 0.261. The Kier molecular flexibility index (Phi) is 4.32. The molecule has 142 valence electrons. The summed E-state index contributed by atoms with van der Waals surface area (Å²) >= 11 is 1.74. The normalized spacial score (nSPS) is 20.4. The van der Waals surface area contributed by atoms with Crippen LogP contribution in [0.3, 0.4) is 0 Å². The van der Waals surface area contributed by atoms with Crippen LogP contribution in [0.25, 0.3) is 0 Å². The maximum absolute atomic E-state index is 6.40. The molecule has 0 saturated carbocycles. The molecule has 5 heteroatoms. The summed E-state index contributed by atoms with van der Waals surface area (Å²) in [5, 5.41) is 9.21. The maximum Gasteiger partial charge on any atom is 0.213 e. The monoisotopic (exact) mass is 390 g/mol. The average molecular weight is 391 g/mol. The number of hydrogen-bond donors (Lipinski definition) is 0. The van der Waals surface area contributed by atoms with Crippen LogP contribution in [0.4, 0.5) is 0 Å². The predicted octanol–water partition coefficient (Wildman–Crippen LogP) is 5.78. The highest BCUT2D eigenvalue weighted by molar-refractivity contribution is 7.12. The summed E-state index contributed by atoms with van der Waals surface area (Å²) in [6.07, 6.45) is 0.807. The minimum atomic E-state index is -0.245. The molecule has 0 unspecified atom stereocenters. The van der Waals surface area contributed by atoms with Gasteiger partial charge in [-0.05, 0) is 55.6 Å². The molecule has 5 rings (SSSR count). The molecular weight excluding hydrogens is 368 g/mol. The lowest BCUT2D eigenvalue weighted by molar-refractivity contribution is -0.0190. The summed E-state index contributed by atoms with van der Waals surface area (Å²) in [4.78, 5) is 1.23. The quantitative estimate of drug-likeness (QED) is 0.566. The Bertz CT molecular complexity index is 996. The van der Waals surface area contributed by atoms with Crippen LogP contribution >= 0.6 is 11.3 Å². The van der Waals surface area contributed by atoms with Crippen molar-refractivity contribution in [3.63, 3.8) is 0 Å². The second-order valence-electron chi connectivity index (χ2n) is 7.37. The number of hydrazone groups is 1. The number of nitrogens with zero attached hydrogens (tertiary/aromatic N) is 2. The first-order valence-corrected chi connectivity index (χ1v) is 10.5. The van der Waals surface area contributed by atoms with Gasteiger partial charge in [-0.2, -0.15) is 5.10 Å². The molecule has 28 heavy (non-hydrogen) atoms. The van der Waals surface area contributed by atoms with Crippen molar-refractivity contribution in [1.29, 1.82) is 0 Å². The standard InChI is InChI=1S/C23H22N2O2S/c1-15(2)26-17-11-9-16(10-12-17)23-25-20(18-6-3-4-7-21(18)27-23)14-19(24-25)22-8-5-13-28-22/h3-13,15,20,23H,14H2,1-2H3/t20-,23-/m1/s1. The third kappa shape index (κ3) is 3.06. The molecule has 4 nitrogen and oxygen atoms in total. The second kappa shape index (κ2) is 6.99. The van der Waals surface area contributed by atoms with Gasteiger partial charge in [0.25, 0.3) is 0 Å². The molecule has 0 spiro atoms. The number of ether oxygens (including phenoxy) is 2. The first-order valence-electron chi connectivity index (χ1n) is 9.61. The van der Waals surface area contributed by atoms with Gasteiger partial charge in [0.05, 0.1) is 22.7 Å². The molecule has 0 fully saturated rings. The van der Waals surface area contributed by atoms with E-state index in [9.17, 15) is 0 Å².